The van der Waals surface area contributed by atoms with Gasteiger partial charge in [-0.05, 0) is 29.2 Å². The number of carbonyl (C=O) groups is 3. The molecule has 0 aliphatic heterocycles. The maximum atomic E-state index is 12.4. The molecule has 1 atom stereocenters. The van der Waals surface area contributed by atoms with E-state index in [9.17, 15) is 14.4 Å². The molecular weight excluding hydrogens is 454 g/mol. The van der Waals surface area contributed by atoms with E-state index in [1.54, 1.807) is 13.8 Å². The number of hydrogen-bond donors (Lipinski definition) is 3. The zero-order valence-electron chi connectivity index (χ0n) is 18.8. The molecule has 1 aliphatic carbocycles. The number of carbonyl (C=O) groups excluding carboxylic acids is 2. The summed E-state index contributed by atoms with van der Waals surface area (Å²) in [4.78, 5) is 40.4. The number of ether oxygens (including phenoxy) is 1. The second-order valence-corrected chi connectivity index (χ2v) is 9.43. The molecule has 1 aliphatic rings. The Balaban J connectivity index is 1.25. The topological polar surface area (TPSA) is 118 Å². The molecule has 3 aromatic rings. The van der Waals surface area contributed by atoms with Crippen molar-refractivity contribution in [3.05, 3.63) is 75.2 Å². The van der Waals surface area contributed by atoms with Gasteiger partial charge >= 0.3 is 12.1 Å². The van der Waals surface area contributed by atoms with E-state index in [1.807, 2.05) is 24.3 Å². The molecule has 0 fully saturated rings. The van der Waals surface area contributed by atoms with Crippen LogP contribution in [-0.4, -0.2) is 41.2 Å². The number of nitrogens with zero attached hydrogens (tertiary/aromatic N) is 1. The van der Waals surface area contributed by atoms with E-state index in [-0.39, 0.29) is 37.2 Å². The van der Waals surface area contributed by atoms with Crippen molar-refractivity contribution < 1.29 is 24.2 Å². The number of alkyl carbamates (subject to hydrolysis) is 1. The number of hydrogen-bond acceptors (Lipinski definition) is 6. The fourth-order valence-electron chi connectivity index (χ4n) is 4.04. The summed E-state index contributed by atoms with van der Waals surface area (Å²) in [5.74, 6) is -1.90. The Morgan fingerprint density at radius 2 is 1.68 bits per heavy atom. The number of carboxylic acids is 1. The summed E-state index contributed by atoms with van der Waals surface area (Å²) in [6.07, 6.45) is -0.580. The van der Waals surface area contributed by atoms with Crippen molar-refractivity contribution in [2.45, 2.75) is 26.3 Å². The molecule has 34 heavy (non-hydrogen) atoms. The third-order valence-electron chi connectivity index (χ3n) is 5.80. The maximum absolute atomic E-state index is 12.4. The normalized spacial score (nSPS) is 13.0. The number of carboxylic acid groups (broad SMARTS) is 1. The molecule has 4 rings (SSSR count). The molecule has 0 saturated heterocycles. The zero-order chi connectivity index (χ0) is 24.2. The predicted octanol–water partition coefficient (Wildman–Crippen LogP) is 3.94. The van der Waals surface area contributed by atoms with E-state index in [0.29, 0.717) is 9.88 Å². The molecule has 0 saturated carbocycles. The molecule has 2 amide bonds. The molecule has 0 radical (unpaired) electrons. The Labute approximate surface area is 201 Å². The Hall–Kier alpha value is -3.72. The van der Waals surface area contributed by atoms with Gasteiger partial charge in [0.15, 0.2) is 5.69 Å². The van der Waals surface area contributed by atoms with Gasteiger partial charge in [-0.2, -0.15) is 0 Å². The van der Waals surface area contributed by atoms with Crippen LogP contribution in [-0.2, 0) is 16.1 Å². The molecule has 0 spiro atoms. The van der Waals surface area contributed by atoms with E-state index in [4.69, 9.17) is 9.84 Å². The third kappa shape index (κ3) is 4.94. The van der Waals surface area contributed by atoms with Crippen molar-refractivity contribution in [2.24, 2.45) is 5.92 Å². The van der Waals surface area contributed by atoms with Gasteiger partial charge in [0.1, 0.15) is 11.6 Å². The first-order chi connectivity index (χ1) is 16.3. The van der Waals surface area contributed by atoms with Crippen molar-refractivity contribution in [1.82, 2.24) is 15.6 Å². The first kappa shape index (κ1) is 23.4. The van der Waals surface area contributed by atoms with Gasteiger partial charge in [0, 0.05) is 17.3 Å². The quantitative estimate of drug-likeness (QED) is 0.450. The second-order valence-electron chi connectivity index (χ2n) is 8.14. The summed E-state index contributed by atoms with van der Waals surface area (Å²) in [5, 5.41) is 15.0. The molecule has 1 unspecified atom stereocenters. The first-order valence-electron chi connectivity index (χ1n) is 10.9. The monoisotopic (exact) mass is 479 g/mol. The van der Waals surface area contributed by atoms with Gasteiger partial charge in [-0.25, -0.2) is 14.6 Å². The molecule has 3 N–H and O–H groups in total. The lowest BCUT2D eigenvalue weighted by atomic mass is 9.98. The molecular formula is C25H25N3O5S. The van der Waals surface area contributed by atoms with Crippen LogP contribution in [0.3, 0.4) is 0 Å². The van der Waals surface area contributed by atoms with E-state index < -0.39 is 18.0 Å². The summed E-state index contributed by atoms with van der Waals surface area (Å²) in [7, 11) is 0. The lowest BCUT2D eigenvalue weighted by Gasteiger charge is -2.16. The van der Waals surface area contributed by atoms with Crippen LogP contribution in [0.25, 0.3) is 11.1 Å². The van der Waals surface area contributed by atoms with E-state index in [1.165, 1.54) is 11.3 Å². The van der Waals surface area contributed by atoms with Gasteiger partial charge in [0.05, 0.1) is 12.5 Å². The third-order valence-corrected chi connectivity index (χ3v) is 6.77. The van der Waals surface area contributed by atoms with Gasteiger partial charge in [-0.1, -0.05) is 55.5 Å². The van der Waals surface area contributed by atoms with Gasteiger partial charge in [0.2, 0.25) is 5.91 Å². The van der Waals surface area contributed by atoms with Crippen molar-refractivity contribution >= 4 is 29.3 Å². The number of thiazole rings is 1. The van der Waals surface area contributed by atoms with Crippen molar-refractivity contribution in [2.75, 3.05) is 13.2 Å². The fourth-order valence-corrected chi connectivity index (χ4v) is 4.91. The minimum atomic E-state index is -1.09. The molecule has 9 heteroatoms. The van der Waals surface area contributed by atoms with Crippen LogP contribution in [0.5, 0.6) is 0 Å². The predicted molar refractivity (Wildman–Crippen MR) is 128 cm³/mol. The SMILES string of the molecule is Cc1sc(CNC(=O)C(C)CNC(=O)OCC2c3ccccc3-c3ccccc32)nc1C(=O)O. The second kappa shape index (κ2) is 10.0. The molecule has 1 heterocycles. The fraction of sp³-hybridized carbons (Fsp3) is 0.280. The molecule has 2 aromatic carbocycles. The van der Waals surface area contributed by atoms with Crippen LogP contribution in [0.4, 0.5) is 4.79 Å². The van der Waals surface area contributed by atoms with E-state index >= 15 is 0 Å². The number of aromatic nitrogens is 1. The largest absolute Gasteiger partial charge is 0.476 e. The van der Waals surface area contributed by atoms with E-state index in [2.05, 4.69) is 39.9 Å². The molecule has 8 nitrogen and oxygen atoms in total. The van der Waals surface area contributed by atoms with Crippen LogP contribution >= 0.6 is 11.3 Å². The minimum absolute atomic E-state index is 0.000723. The lowest BCUT2D eigenvalue weighted by Crippen LogP contribution is -2.37. The highest BCUT2D eigenvalue weighted by Crippen LogP contribution is 2.44. The van der Waals surface area contributed by atoms with Gasteiger partial charge < -0.3 is 20.5 Å². The first-order valence-corrected chi connectivity index (χ1v) is 11.7. The van der Waals surface area contributed by atoms with Crippen LogP contribution in [0.2, 0.25) is 0 Å². The van der Waals surface area contributed by atoms with Crippen LogP contribution in [0.15, 0.2) is 48.5 Å². The molecule has 1 aromatic heterocycles. The Morgan fingerprint density at radius 3 is 2.26 bits per heavy atom. The Bertz CT molecular complexity index is 1190. The minimum Gasteiger partial charge on any atom is -0.476 e. The van der Waals surface area contributed by atoms with Crippen molar-refractivity contribution in [3.63, 3.8) is 0 Å². The standard InChI is InChI=1S/C25H25N3O5S/c1-14(23(29)26-12-21-28-22(24(30)31)15(2)34-21)11-27-25(32)33-13-20-18-9-5-3-7-16(18)17-8-4-6-10-19(17)20/h3-10,14,20H,11-13H2,1-2H3,(H,26,29)(H,27,32)(H,30,31). The molecule has 0 bridgehead atoms. The highest BCUT2D eigenvalue weighted by molar-refractivity contribution is 7.11. The number of aromatic carboxylic acids is 1. The Morgan fingerprint density at radius 1 is 1.06 bits per heavy atom. The van der Waals surface area contributed by atoms with Crippen LogP contribution in [0.1, 0.15) is 44.3 Å². The number of aryl methyl sites for hydroxylation is 1. The summed E-state index contributed by atoms with van der Waals surface area (Å²) in [6, 6.07) is 16.2. The summed E-state index contributed by atoms with van der Waals surface area (Å²) in [5.41, 5.74) is 4.58. The zero-order valence-corrected chi connectivity index (χ0v) is 19.6. The summed E-state index contributed by atoms with van der Waals surface area (Å²) in [6.45, 7) is 3.81. The van der Waals surface area contributed by atoms with E-state index in [0.717, 1.165) is 22.3 Å². The highest BCUT2D eigenvalue weighted by atomic mass is 32.1. The van der Waals surface area contributed by atoms with Gasteiger partial charge in [-0.3, -0.25) is 4.79 Å². The van der Waals surface area contributed by atoms with Crippen molar-refractivity contribution in [3.8, 4) is 11.1 Å². The van der Waals surface area contributed by atoms with Crippen LogP contribution in [0, 0.1) is 12.8 Å². The highest BCUT2D eigenvalue weighted by Gasteiger charge is 2.29. The summed E-state index contributed by atoms with van der Waals surface area (Å²) >= 11 is 1.23. The molecule has 176 valence electrons. The number of amides is 2. The lowest BCUT2D eigenvalue weighted by molar-refractivity contribution is -0.124. The smallest absolute Gasteiger partial charge is 0.407 e. The number of rotatable bonds is 8. The maximum Gasteiger partial charge on any atom is 0.407 e. The number of nitrogens with one attached hydrogen (secondary N) is 2. The van der Waals surface area contributed by atoms with Crippen LogP contribution < -0.4 is 10.6 Å². The summed E-state index contributed by atoms with van der Waals surface area (Å²) < 4.78 is 5.49. The average molecular weight is 480 g/mol. The van der Waals surface area contributed by atoms with Gasteiger partial charge in [-0.15, -0.1) is 11.3 Å². The number of benzene rings is 2. The Kier molecular flexibility index (Phi) is 6.93. The average Bonchev–Trinajstić information content (AvgIpc) is 3.37. The van der Waals surface area contributed by atoms with Crippen molar-refractivity contribution in [1.29, 1.82) is 0 Å². The number of fused-ring (bicyclic) bond motifs is 3. The van der Waals surface area contributed by atoms with Gasteiger partial charge in [0.25, 0.3) is 0 Å².